The average molecular weight is 498 g/mol. The number of alkyl halides is 3. The Kier molecular flexibility index (Phi) is 10.8. The number of hydrogen-bond acceptors (Lipinski definition) is 2. The Morgan fingerprint density at radius 2 is 1.66 bits per heavy atom. The molecule has 0 saturated heterocycles. The summed E-state index contributed by atoms with van der Waals surface area (Å²) in [5.74, 6) is 0.677. The van der Waals surface area contributed by atoms with Crippen molar-refractivity contribution in [1.29, 1.82) is 5.41 Å². The summed E-state index contributed by atoms with van der Waals surface area (Å²) in [4.78, 5) is 0. The van der Waals surface area contributed by atoms with Crippen LogP contribution in [0.2, 0.25) is 0 Å². The van der Waals surface area contributed by atoms with Crippen LogP contribution in [0.1, 0.15) is 111 Å². The highest BCUT2D eigenvalue weighted by Crippen LogP contribution is 2.48. The molecule has 0 aromatic carbocycles. The summed E-state index contributed by atoms with van der Waals surface area (Å²) in [6.45, 7) is 6.52. The van der Waals surface area contributed by atoms with Crippen molar-refractivity contribution in [2.24, 2.45) is 47.3 Å². The lowest BCUT2D eigenvalue weighted by Crippen LogP contribution is -2.40. The highest BCUT2D eigenvalue weighted by Gasteiger charge is 2.48. The van der Waals surface area contributed by atoms with Crippen LogP contribution in [0.3, 0.4) is 0 Å². The van der Waals surface area contributed by atoms with Crippen LogP contribution in [0.4, 0.5) is 13.2 Å². The highest BCUT2D eigenvalue weighted by atomic mass is 19.4. The van der Waals surface area contributed by atoms with Gasteiger partial charge in [0.2, 0.25) is 0 Å². The first-order valence-corrected chi connectivity index (χ1v) is 14.5. The van der Waals surface area contributed by atoms with E-state index in [4.69, 9.17) is 5.41 Å². The van der Waals surface area contributed by atoms with Crippen LogP contribution in [0.15, 0.2) is 12.2 Å². The summed E-state index contributed by atoms with van der Waals surface area (Å²) in [6, 6.07) is 0. The van der Waals surface area contributed by atoms with E-state index in [9.17, 15) is 18.3 Å². The molecule has 2 N–H and O–H groups in total. The van der Waals surface area contributed by atoms with Crippen molar-refractivity contribution < 1.29 is 18.3 Å². The molecule has 0 heterocycles. The van der Waals surface area contributed by atoms with Crippen LogP contribution in [0, 0.1) is 52.8 Å². The second kappa shape index (κ2) is 13.1. The molecule has 5 heteroatoms. The molecule has 202 valence electrons. The first-order valence-electron chi connectivity index (χ1n) is 14.5. The molecule has 3 rings (SSSR count). The molecule has 3 aliphatic rings. The van der Waals surface area contributed by atoms with Gasteiger partial charge in [-0.25, -0.2) is 0 Å². The van der Waals surface area contributed by atoms with E-state index in [2.05, 4.69) is 26.0 Å². The van der Waals surface area contributed by atoms with Gasteiger partial charge in [0.15, 0.2) is 0 Å². The van der Waals surface area contributed by atoms with Gasteiger partial charge in [-0.3, -0.25) is 0 Å². The molecule has 3 fully saturated rings. The van der Waals surface area contributed by atoms with E-state index >= 15 is 0 Å². The quantitative estimate of drug-likeness (QED) is 0.242. The van der Waals surface area contributed by atoms with E-state index in [1.165, 1.54) is 0 Å². The zero-order valence-electron chi connectivity index (χ0n) is 22.3. The number of aliphatic hydroxyl groups excluding tert-OH is 1. The SMILES string of the molecule is CC=CCC1CCC(CC2CCC(C(=N)CC(O)C3CCC(C)C(CC)C3)CC2C(F)(F)F)CC1. The minimum Gasteiger partial charge on any atom is -0.392 e. The number of nitrogens with one attached hydrogen (secondary N) is 1. The lowest BCUT2D eigenvalue weighted by molar-refractivity contribution is -0.200. The van der Waals surface area contributed by atoms with Crippen molar-refractivity contribution in [3.05, 3.63) is 12.2 Å². The molecule has 0 amide bonds. The fourth-order valence-electron chi connectivity index (χ4n) is 7.62. The van der Waals surface area contributed by atoms with Crippen LogP contribution < -0.4 is 0 Å². The van der Waals surface area contributed by atoms with Crippen LogP contribution in [-0.4, -0.2) is 23.1 Å². The second-order valence-corrected chi connectivity index (χ2v) is 12.4. The largest absolute Gasteiger partial charge is 0.392 e. The van der Waals surface area contributed by atoms with Crippen molar-refractivity contribution in [3.63, 3.8) is 0 Å². The molecule has 7 atom stereocenters. The van der Waals surface area contributed by atoms with Gasteiger partial charge in [0.1, 0.15) is 0 Å². The van der Waals surface area contributed by atoms with Crippen molar-refractivity contribution in [2.45, 2.75) is 123 Å². The molecule has 0 aromatic heterocycles. The minimum atomic E-state index is -4.20. The predicted octanol–water partition coefficient (Wildman–Crippen LogP) is 8.98. The maximum Gasteiger partial charge on any atom is 0.392 e. The highest BCUT2D eigenvalue weighted by molar-refractivity contribution is 5.84. The Morgan fingerprint density at radius 1 is 0.971 bits per heavy atom. The molecule has 3 saturated carbocycles. The first-order chi connectivity index (χ1) is 16.6. The summed E-state index contributed by atoms with van der Waals surface area (Å²) < 4.78 is 42.4. The van der Waals surface area contributed by atoms with E-state index in [1.54, 1.807) is 0 Å². The molecule has 0 bridgehead atoms. The normalized spacial score (nSPS) is 37.9. The fourth-order valence-corrected chi connectivity index (χ4v) is 7.62. The summed E-state index contributed by atoms with van der Waals surface area (Å²) in [6.07, 6.45) is 11.5. The Labute approximate surface area is 212 Å². The zero-order valence-corrected chi connectivity index (χ0v) is 22.3. The van der Waals surface area contributed by atoms with E-state index in [1.807, 2.05) is 6.92 Å². The third-order valence-electron chi connectivity index (χ3n) is 10.1. The molecule has 2 nitrogen and oxygen atoms in total. The Bertz CT molecular complexity index is 682. The topological polar surface area (TPSA) is 44.1 Å². The monoisotopic (exact) mass is 497 g/mol. The molecule has 0 radical (unpaired) electrons. The van der Waals surface area contributed by atoms with Gasteiger partial charge in [0.25, 0.3) is 0 Å². The molecule has 0 aliphatic heterocycles. The Morgan fingerprint density at radius 3 is 2.29 bits per heavy atom. The maximum absolute atomic E-state index is 14.1. The molecule has 35 heavy (non-hydrogen) atoms. The fraction of sp³-hybridized carbons (Fsp3) is 0.900. The summed E-state index contributed by atoms with van der Waals surface area (Å²) >= 11 is 0. The van der Waals surface area contributed by atoms with Crippen LogP contribution in [-0.2, 0) is 0 Å². The maximum atomic E-state index is 14.1. The minimum absolute atomic E-state index is 0.0512. The smallest absolute Gasteiger partial charge is 0.392 e. The zero-order chi connectivity index (χ0) is 25.6. The first kappa shape index (κ1) is 28.7. The van der Waals surface area contributed by atoms with Crippen LogP contribution in [0.25, 0.3) is 0 Å². The Balaban J connectivity index is 1.52. The van der Waals surface area contributed by atoms with Crippen molar-refractivity contribution >= 4 is 5.71 Å². The van der Waals surface area contributed by atoms with Gasteiger partial charge in [-0.15, -0.1) is 0 Å². The molecule has 3 aliphatic carbocycles. The number of aliphatic hydroxyl groups is 1. The van der Waals surface area contributed by atoms with Gasteiger partial charge in [-0.1, -0.05) is 51.7 Å². The standard InChI is InChI=1S/C30H50F3NO/c1-4-6-7-21-9-11-22(12-10-21)16-24-14-15-25(18-27(24)30(31,32)33)28(34)19-29(35)26-13-8-20(3)23(5-2)17-26/h4,6,20-27,29,34-35H,5,7-19H2,1-3H3. The third-order valence-corrected chi connectivity index (χ3v) is 10.1. The van der Waals surface area contributed by atoms with Gasteiger partial charge in [0.05, 0.1) is 12.0 Å². The van der Waals surface area contributed by atoms with Gasteiger partial charge in [-0.05, 0) is 106 Å². The number of allylic oxidation sites excluding steroid dienone is 2. The second-order valence-electron chi connectivity index (χ2n) is 12.4. The molecular formula is C30H50F3NO. The summed E-state index contributed by atoms with van der Waals surface area (Å²) in [7, 11) is 0. The predicted molar refractivity (Wildman–Crippen MR) is 139 cm³/mol. The van der Waals surface area contributed by atoms with E-state index < -0.39 is 18.2 Å². The molecular weight excluding hydrogens is 447 g/mol. The van der Waals surface area contributed by atoms with E-state index in [0.29, 0.717) is 48.6 Å². The van der Waals surface area contributed by atoms with Crippen molar-refractivity contribution in [2.75, 3.05) is 0 Å². The van der Waals surface area contributed by atoms with Gasteiger partial charge >= 0.3 is 6.18 Å². The lowest BCUT2D eigenvalue weighted by Gasteiger charge is -2.41. The number of halogens is 3. The summed E-state index contributed by atoms with van der Waals surface area (Å²) in [5, 5.41) is 19.5. The van der Waals surface area contributed by atoms with Crippen LogP contribution >= 0.6 is 0 Å². The average Bonchev–Trinajstić information content (AvgIpc) is 2.83. The summed E-state index contributed by atoms with van der Waals surface area (Å²) in [5.41, 5.74) is 0.362. The lowest BCUT2D eigenvalue weighted by atomic mass is 9.66. The molecule has 7 unspecified atom stereocenters. The van der Waals surface area contributed by atoms with Crippen LogP contribution in [0.5, 0.6) is 0 Å². The Hall–Kier alpha value is -0.840. The van der Waals surface area contributed by atoms with E-state index in [0.717, 1.165) is 57.8 Å². The molecule has 0 spiro atoms. The van der Waals surface area contributed by atoms with Gasteiger partial charge < -0.3 is 10.5 Å². The molecule has 0 aromatic rings. The third kappa shape index (κ3) is 8.07. The van der Waals surface area contributed by atoms with Gasteiger partial charge in [-0.2, -0.15) is 13.2 Å². The van der Waals surface area contributed by atoms with E-state index in [-0.39, 0.29) is 30.6 Å². The van der Waals surface area contributed by atoms with Crippen molar-refractivity contribution in [3.8, 4) is 0 Å². The number of hydrogen-bond donors (Lipinski definition) is 2. The van der Waals surface area contributed by atoms with Gasteiger partial charge in [0, 0.05) is 12.1 Å². The van der Waals surface area contributed by atoms with Crippen molar-refractivity contribution in [1.82, 2.24) is 0 Å². The number of rotatable bonds is 9.